The maximum absolute atomic E-state index is 12.2. The number of aryl methyl sites for hydroxylation is 1. The van der Waals surface area contributed by atoms with Crippen molar-refractivity contribution in [2.45, 2.75) is 50.2 Å². The Bertz CT molecular complexity index is 565. The fraction of sp³-hybridized carbons (Fsp3) is 0.600. The molecule has 1 heterocycles. The molecule has 1 fully saturated rings. The smallest absolute Gasteiger partial charge is 0.240 e. The molecule has 2 N–H and O–H groups in total. The molecule has 6 heteroatoms. The Kier molecular flexibility index (Phi) is 5.75. The van der Waals surface area contributed by atoms with E-state index >= 15 is 0 Å². The Morgan fingerprint density at radius 2 is 2.19 bits per heavy atom. The molecule has 1 aromatic carbocycles. The first-order valence-corrected chi connectivity index (χ1v) is 8.83. The molecule has 0 spiro atoms. The molecule has 2 rings (SSSR count). The quantitative estimate of drug-likeness (QED) is 0.838. The third kappa shape index (κ3) is 4.51. The van der Waals surface area contributed by atoms with E-state index in [0.29, 0.717) is 18.5 Å². The minimum Gasteiger partial charge on any atom is -0.392 e. The number of aliphatic hydroxyl groups is 1. The van der Waals surface area contributed by atoms with E-state index in [-0.39, 0.29) is 17.6 Å². The number of sulfonamides is 1. The minimum atomic E-state index is -3.53. The molecule has 21 heavy (non-hydrogen) atoms. The molecule has 0 aliphatic carbocycles. The highest BCUT2D eigenvalue weighted by Crippen LogP contribution is 2.17. The lowest BCUT2D eigenvalue weighted by molar-refractivity contribution is 0.0123. The maximum Gasteiger partial charge on any atom is 0.240 e. The maximum atomic E-state index is 12.2. The summed E-state index contributed by atoms with van der Waals surface area (Å²) in [6, 6.07) is 4.80. The van der Waals surface area contributed by atoms with Gasteiger partial charge >= 0.3 is 0 Å². The molecule has 118 valence electrons. The van der Waals surface area contributed by atoms with Crippen molar-refractivity contribution >= 4 is 10.0 Å². The molecular weight excluding hydrogens is 290 g/mol. The second-order valence-electron chi connectivity index (χ2n) is 5.42. The summed E-state index contributed by atoms with van der Waals surface area (Å²) in [5, 5.41) is 9.22. The normalized spacial score (nSPS) is 19.6. The van der Waals surface area contributed by atoms with Crippen LogP contribution in [-0.4, -0.2) is 32.8 Å². The third-order valence-electron chi connectivity index (χ3n) is 3.83. The molecule has 5 nitrogen and oxygen atoms in total. The summed E-state index contributed by atoms with van der Waals surface area (Å²) in [7, 11) is -3.53. The van der Waals surface area contributed by atoms with Gasteiger partial charge < -0.3 is 9.84 Å². The summed E-state index contributed by atoms with van der Waals surface area (Å²) in [5.74, 6) is 0. The van der Waals surface area contributed by atoms with Crippen LogP contribution in [0.3, 0.4) is 0 Å². The van der Waals surface area contributed by atoms with E-state index in [4.69, 9.17) is 4.74 Å². The Labute approximate surface area is 126 Å². The average Bonchev–Trinajstić information content (AvgIpc) is 2.48. The van der Waals surface area contributed by atoms with E-state index in [9.17, 15) is 13.5 Å². The number of aliphatic hydroxyl groups excluding tert-OH is 1. The van der Waals surface area contributed by atoms with Crippen LogP contribution in [0.25, 0.3) is 0 Å². The lowest BCUT2D eigenvalue weighted by Crippen LogP contribution is -2.29. The Morgan fingerprint density at radius 1 is 1.38 bits per heavy atom. The first kappa shape index (κ1) is 16.4. The highest BCUT2D eigenvalue weighted by molar-refractivity contribution is 7.89. The van der Waals surface area contributed by atoms with E-state index < -0.39 is 10.0 Å². The van der Waals surface area contributed by atoms with Gasteiger partial charge in [0.2, 0.25) is 10.0 Å². The van der Waals surface area contributed by atoms with Gasteiger partial charge in [0.05, 0.1) is 17.6 Å². The molecule has 0 radical (unpaired) electrons. The SMILES string of the molecule is Cc1ccc(S(=O)(=O)NCCC2CCCCO2)cc1CO. The molecule has 0 aromatic heterocycles. The second kappa shape index (κ2) is 7.35. The monoisotopic (exact) mass is 313 g/mol. The predicted octanol–water partition coefficient (Wildman–Crippen LogP) is 1.72. The van der Waals surface area contributed by atoms with Crippen molar-refractivity contribution in [3.8, 4) is 0 Å². The highest BCUT2D eigenvalue weighted by atomic mass is 32.2. The zero-order chi connectivity index (χ0) is 15.3. The van der Waals surface area contributed by atoms with E-state index in [1.165, 1.54) is 6.07 Å². The van der Waals surface area contributed by atoms with Crippen LogP contribution >= 0.6 is 0 Å². The summed E-state index contributed by atoms with van der Waals surface area (Å²) >= 11 is 0. The van der Waals surface area contributed by atoms with Crippen molar-refractivity contribution in [1.29, 1.82) is 0 Å². The van der Waals surface area contributed by atoms with E-state index in [1.54, 1.807) is 12.1 Å². The van der Waals surface area contributed by atoms with Crippen LogP contribution < -0.4 is 4.72 Å². The van der Waals surface area contributed by atoms with Gasteiger partial charge in [-0.3, -0.25) is 0 Å². The summed E-state index contributed by atoms with van der Waals surface area (Å²) in [5.41, 5.74) is 1.51. The van der Waals surface area contributed by atoms with Gasteiger partial charge in [-0.1, -0.05) is 6.07 Å². The van der Waals surface area contributed by atoms with E-state index in [1.807, 2.05) is 6.92 Å². The van der Waals surface area contributed by atoms with Crippen molar-refractivity contribution in [2.75, 3.05) is 13.2 Å². The van der Waals surface area contributed by atoms with Crippen LogP contribution in [0.2, 0.25) is 0 Å². The Morgan fingerprint density at radius 3 is 2.86 bits per heavy atom. The molecule has 1 saturated heterocycles. The van der Waals surface area contributed by atoms with Crippen molar-refractivity contribution in [2.24, 2.45) is 0 Å². The molecular formula is C15H23NO4S. The van der Waals surface area contributed by atoms with Crippen LogP contribution in [0.5, 0.6) is 0 Å². The van der Waals surface area contributed by atoms with E-state index in [0.717, 1.165) is 31.4 Å². The zero-order valence-corrected chi connectivity index (χ0v) is 13.2. The van der Waals surface area contributed by atoms with Gasteiger partial charge in [-0.15, -0.1) is 0 Å². The summed E-state index contributed by atoms with van der Waals surface area (Å²) in [4.78, 5) is 0.196. The molecule has 0 saturated carbocycles. The first-order chi connectivity index (χ1) is 10.0. The number of hydrogen-bond donors (Lipinski definition) is 2. The second-order valence-corrected chi connectivity index (χ2v) is 7.19. The van der Waals surface area contributed by atoms with Gasteiger partial charge in [-0.05, 0) is 55.9 Å². The standard InChI is InChI=1S/C15H23NO4S/c1-12-5-6-15(10-13(12)11-17)21(18,19)16-8-7-14-4-2-3-9-20-14/h5-6,10,14,16-17H,2-4,7-9,11H2,1H3. The lowest BCUT2D eigenvalue weighted by atomic mass is 10.1. The summed E-state index contributed by atoms with van der Waals surface area (Å²) in [6.07, 6.45) is 4.09. The number of rotatable bonds is 6. The molecule has 0 amide bonds. The van der Waals surface area contributed by atoms with Gasteiger partial charge in [-0.25, -0.2) is 13.1 Å². The largest absolute Gasteiger partial charge is 0.392 e. The van der Waals surface area contributed by atoms with Crippen molar-refractivity contribution < 1.29 is 18.3 Å². The predicted molar refractivity (Wildman–Crippen MR) is 80.5 cm³/mol. The van der Waals surface area contributed by atoms with Crippen LogP contribution in [0.4, 0.5) is 0 Å². The molecule has 1 aromatic rings. The van der Waals surface area contributed by atoms with Gasteiger partial charge in [0.15, 0.2) is 0 Å². The summed E-state index contributed by atoms with van der Waals surface area (Å²) < 4.78 is 32.6. The van der Waals surface area contributed by atoms with Crippen molar-refractivity contribution in [3.05, 3.63) is 29.3 Å². The van der Waals surface area contributed by atoms with E-state index in [2.05, 4.69) is 4.72 Å². The molecule has 1 atom stereocenters. The van der Waals surface area contributed by atoms with Crippen LogP contribution in [0, 0.1) is 6.92 Å². The fourth-order valence-corrected chi connectivity index (χ4v) is 3.56. The first-order valence-electron chi connectivity index (χ1n) is 7.34. The molecule has 0 bridgehead atoms. The van der Waals surface area contributed by atoms with Crippen molar-refractivity contribution in [1.82, 2.24) is 4.72 Å². The van der Waals surface area contributed by atoms with Crippen LogP contribution in [0.15, 0.2) is 23.1 Å². The Hall–Kier alpha value is -0.950. The topological polar surface area (TPSA) is 75.6 Å². The third-order valence-corrected chi connectivity index (χ3v) is 5.29. The highest BCUT2D eigenvalue weighted by Gasteiger charge is 2.17. The van der Waals surface area contributed by atoms with Gasteiger partial charge in [-0.2, -0.15) is 0 Å². The van der Waals surface area contributed by atoms with Gasteiger partial charge in [0.1, 0.15) is 0 Å². The Balaban J connectivity index is 1.94. The zero-order valence-electron chi connectivity index (χ0n) is 12.3. The number of benzene rings is 1. The molecule has 1 aliphatic heterocycles. The minimum absolute atomic E-state index is 0.160. The lowest BCUT2D eigenvalue weighted by Gasteiger charge is -2.22. The molecule has 1 unspecified atom stereocenters. The number of hydrogen-bond acceptors (Lipinski definition) is 4. The van der Waals surface area contributed by atoms with Gasteiger partial charge in [0.25, 0.3) is 0 Å². The number of nitrogens with one attached hydrogen (secondary N) is 1. The molecule has 1 aliphatic rings. The van der Waals surface area contributed by atoms with Crippen LogP contribution in [0.1, 0.15) is 36.8 Å². The summed E-state index contributed by atoms with van der Waals surface area (Å²) in [6.45, 7) is 2.82. The average molecular weight is 313 g/mol. The fourth-order valence-electron chi connectivity index (χ4n) is 2.46. The van der Waals surface area contributed by atoms with Crippen molar-refractivity contribution in [3.63, 3.8) is 0 Å². The van der Waals surface area contributed by atoms with Gasteiger partial charge in [0, 0.05) is 13.2 Å². The number of ether oxygens (including phenoxy) is 1. The van der Waals surface area contributed by atoms with Crippen LogP contribution in [-0.2, 0) is 21.4 Å².